The number of nitrogens with one attached hydrogen (secondary N) is 2. The van der Waals surface area contributed by atoms with Gasteiger partial charge in [-0.05, 0) is 48.9 Å². The van der Waals surface area contributed by atoms with Crippen LogP contribution in [-0.2, 0) is 22.0 Å². The van der Waals surface area contributed by atoms with Crippen LogP contribution in [0.4, 0.5) is 0 Å². The number of benzene rings is 1. The second-order valence-electron chi connectivity index (χ2n) is 7.56. The molecule has 0 radical (unpaired) electrons. The van der Waals surface area contributed by atoms with Gasteiger partial charge in [-0.3, -0.25) is 0 Å². The Balaban J connectivity index is 1.69. The normalized spacial score (nSPS) is 17.1. The van der Waals surface area contributed by atoms with E-state index in [0.717, 1.165) is 24.6 Å². The molecule has 1 fully saturated rings. The lowest BCUT2D eigenvalue weighted by Gasteiger charge is -2.37. The van der Waals surface area contributed by atoms with Gasteiger partial charge in [-0.2, -0.15) is 0 Å². The molecule has 0 unspecified atom stereocenters. The Morgan fingerprint density at radius 1 is 1.14 bits per heavy atom. The van der Waals surface area contributed by atoms with E-state index in [2.05, 4.69) is 33.1 Å². The summed E-state index contributed by atoms with van der Waals surface area (Å²) in [4.78, 5) is 6.26. The van der Waals surface area contributed by atoms with Crippen molar-refractivity contribution in [3.63, 3.8) is 0 Å². The van der Waals surface area contributed by atoms with E-state index >= 15 is 0 Å². The van der Waals surface area contributed by atoms with Crippen molar-refractivity contribution in [3.8, 4) is 0 Å². The summed E-state index contributed by atoms with van der Waals surface area (Å²) in [5, 5.41) is 14.2. The van der Waals surface area contributed by atoms with E-state index in [-0.39, 0.29) is 10.3 Å². The average Bonchev–Trinajstić information content (AvgIpc) is 3.26. The van der Waals surface area contributed by atoms with Gasteiger partial charge in [0.05, 0.1) is 11.4 Å². The molecule has 1 aliphatic rings. The number of nitrogens with zero attached hydrogens (tertiary/aromatic N) is 1. The second kappa shape index (κ2) is 9.73. The highest BCUT2D eigenvalue weighted by atomic mass is 32.2. The largest absolute Gasteiger partial charge is 0.357 e. The predicted octanol–water partition coefficient (Wildman–Crippen LogP) is 3.35. The highest BCUT2D eigenvalue weighted by Gasteiger charge is 2.34. The van der Waals surface area contributed by atoms with Crippen LogP contribution >= 0.6 is 11.3 Å². The lowest BCUT2D eigenvalue weighted by Crippen LogP contribution is -2.46. The second-order valence-corrected chi connectivity index (χ2v) is 10.1. The monoisotopic (exact) mass is 434 g/mol. The van der Waals surface area contributed by atoms with E-state index in [1.165, 1.54) is 49.1 Å². The summed E-state index contributed by atoms with van der Waals surface area (Å²) in [6, 6.07) is 10.9. The van der Waals surface area contributed by atoms with Gasteiger partial charge in [0, 0.05) is 23.4 Å². The maximum atomic E-state index is 11.4. The number of hydrogen-bond donors (Lipinski definition) is 3. The number of aliphatic imine (C=N–C) groups is 1. The summed E-state index contributed by atoms with van der Waals surface area (Å²) < 4.78 is 22.8. The van der Waals surface area contributed by atoms with Crippen molar-refractivity contribution < 1.29 is 8.42 Å². The van der Waals surface area contributed by atoms with Gasteiger partial charge in [-0.15, -0.1) is 11.3 Å². The Labute approximate surface area is 177 Å². The van der Waals surface area contributed by atoms with E-state index in [4.69, 9.17) is 5.14 Å². The van der Waals surface area contributed by atoms with Crippen LogP contribution < -0.4 is 15.8 Å². The van der Waals surface area contributed by atoms with Gasteiger partial charge in [0.15, 0.2) is 5.96 Å². The van der Waals surface area contributed by atoms with Gasteiger partial charge in [-0.1, -0.05) is 37.5 Å². The SMILES string of the molecule is CCNC(=NCc1ccc(S(N)(=O)=O)cc1)NCC1(c2cccs2)CCCCC1. The zero-order chi connectivity index (χ0) is 20.7. The smallest absolute Gasteiger partial charge is 0.238 e. The molecule has 1 aliphatic carbocycles. The van der Waals surface area contributed by atoms with Crippen molar-refractivity contribution in [2.24, 2.45) is 10.1 Å². The third-order valence-corrected chi connectivity index (χ3v) is 7.51. The van der Waals surface area contributed by atoms with Crippen LogP contribution in [-0.4, -0.2) is 27.5 Å². The highest BCUT2D eigenvalue weighted by Crippen LogP contribution is 2.41. The molecule has 29 heavy (non-hydrogen) atoms. The maximum absolute atomic E-state index is 11.4. The van der Waals surface area contributed by atoms with Crippen molar-refractivity contribution in [1.29, 1.82) is 0 Å². The molecule has 3 rings (SSSR count). The first-order valence-corrected chi connectivity index (χ1v) is 12.5. The zero-order valence-corrected chi connectivity index (χ0v) is 18.5. The van der Waals surface area contributed by atoms with Gasteiger partial charge in [0.2, 0.25) is 10.0 Å². The molecule has 0 spiro atoms. The maximum Gasteiger partial charge on any atom is 0.238 e. The van der Waals surface area contributed by atoms with Crippen LogP contribution in [0, 0.1) is 0 Å². The minimum Gasteiger partial charge on any atom is -0.357 e. The van der Waals surface area contributed by atoms with E-state index < -0.39 is 10.0 Å². The number of thiophene rings is 1. The Morgan fingerprint density at radius 3 is 2.45 bits per heavy atom. The molecular formula is C21H30N4O2S2. The molecule has 6 nitrogen and oxygen atoms in total. The number of rotatable bonds is 7. The topological polar surface area (TPSA) is 96.6 Å². The van der Waals surface area contributed by atoms with E-state index in [1.807, 2.05) is 18.3 Å². The van der Waals surface area contributed by atoms with Crippen molar-refractivity contribution in [2.75, 3.05) is 13.1 Å². The zero-order valence-electron chi connectivity index (χ0n) is 16.9. The summed E-state index contributed by atoms with van der Waals surface area (Å²) in [7, 11) is -3.67. The minimum absolute atomic E-state index is 0.116. The highest BCUT2D eigenvalue weighted by molar-refractivity contribution is 7.89. The molecule has 158 valence electrons. The van der Waals surface area contributed by atoms with Crippen molar-refractivity contribution >= 4 is 27.3 Å². The molecule has 8 heteroatoms. The standard InChI is InChI=1S/C21H30N4O2S2/c1-2-23-20(24-15-17-8-10-18(11-9-17)29(22,26)27)25-16-21(12-4-3-5-13-21)19-7-6-14-28-19/h6-11,14H,2-5,12-13,15-16H2,1H3,(H2,22,26,27)(H2,23,24,25). The summed E-state index contributed by atoms with van der Waals surface area (Å²) in [5.41, 5.74) is 1.11. The van der Waals surface area contributed by atoms with E-state index in [1.54, 1.807) is 12.1 Å². The number of hydrogen-bond acceptors (Lipinski definition) is 4. The number of sulfonamides is 1. The fourth-order valence-corrected chi connectivity index (χ4v) is 5.37. The van der Waals surface area contributed by atoms with Crippen molar-refractivity contribution in [1.82, 2.24) is 10.6 Å². The first-order valence-electron chi connectivity index (χ1n) is 10.1. The van der Waals surface area contributed by atoms with Crippen LogP contribution in [0.1, 0.15) is 49.5 Å². The molecule has 4 N–H and O–H groups in total. The molecule has 0 atom stereocenters. The van der Waals surface area contributed by atoms with Gasteiger partial charge < -0.3 is 10.6 Å². The van der Waals surface area contributed by atoms with Crippen LogP contribution in [0.15, 0.2) is 51.7 Å². The van der Waals surface area contributed by atoms with Crippen LogP contribution in [0.2, 0.25) is 0 Å². The van der Waals surface area contributed by atoms with Crippen molar-refractivity contribution in [2.45, 2.75) is 55.9 Å². The lowest BCUT2D eigenvalue weighted by molar-refractivity contribution is 0.296. The summed E-state index contributed by atoms with van der Waals surface area (Å²) >= 11 is 1.85. The van der Waals surface area contributed by atoms with Crippen molar-refractivity contribution in [3.05, 3.63) is 52.2 Å². The summed E-state index contributed by atoms with van der Waals surface area (Å²) in [5.74, 6) is 0.782. The fourth-order valence-electron chi connectivity index (χ4n) is 3.87. The predicted molar refractivity (Wildman–Crippen MR) is 120 cm³/mol. The fraction of sp³-hybridized carbons (Fsp3) is 0.476. The molecule has 0 bridgehead atoms. The first kappa shape index (κ1) is 21.8. The molecule has 0 aliphatic heterocycles. The molecule has 1 saturated carbocycles. The number of primary sulfonamides is 1. The number of nitrogens with two attached hydrogens (primary N) is 1. The van der Waals surface area contributed by atoms with Gasteiger partial charge >= 0.3 is 0 Å². The van der Waals surface area contributed by atoms with E-state index in [9.17, 15) is 8.42 Å². The van der Waals surface area contributed by atoms with Gasteiger partial charge in [0.1, 0.15) is 0 Å². The first-order chi connectivity index (χ1) is 13.9. The van der Waals surface area contributed by atoms with Crippen LogP contribution in [0.5, 0.6) is 0 Å². The molecular weight excluding hydrogens is 404 g/mol. The Morgan fingerprint density at radius 2 is 1.86 bits per heavy atom. The van der Waals surface area contributed by atoms with Gasteiger partial charge in [-0.25, -0.2) is 18.5 Å². The third kappa shape index (κ3) is 5.81. The van der Waals surface area contributed by atoms with Crippen LogP contribution in [0.25, 0.3) is 0 Å². The molecule has 0 saturated heterocycles. The molecule has 1 aromatic carbocycles. The molecule has 2 aromatic rings. The molecule has 1 aromatic heterocycles. The Kier molecular flexibility index (Phi) is 7.32. The summed E-state index contributed by atoms with van der Waals surface area (Å²) in [6.45, 7) is 4.16. The van der Waals surface area contributed by atoms with Crippen LogP contribution in [0.3, 0.4) is 0 Å². The van der Waals surface area contributed by atoms with E-state index in [0.29, 0.717) is 6.54 Å². The molecule has 1 heterocycles. The molecule has 0 amide bonds. The van der Waals surface area contributed by atoms with Gasteiger partial charge in [0.25, 0.3) is 0 Å². The average molecular weight is 435 g/mol. The Bertz CT molecular complexity index is 901. The third-order valence-electron chi connectivity index (χ3n) is 5.46. The summed E-state index contributed by atoms with van der Waals surface area (Å²) in [6.07, 6.45) is 6.26. The Hall–Kier alpha value is -1.90. The number of guanidine groups is 1. The minimum atomic E-state index is -3.67. The lowest BCUT2D eigenvalue weighted by atomic mass is 9.73. The quantitative estimate of drug-likeness (QED) is 0.460.